The first-order valence-electron chi connectivity index (χ1n) is 6.32. The summed E-state index contributed by atoms with van der Waals surface area (Å²) in [4.78, 5) is -0.0557. The lowest BCUT2D eigenvalue weighted by molar-refractivity contribution is 0.462. The Morgan fingerprint density at radius 3 is 2.24 bits per heavy atom. The Morgan fingerprint density at radius 1 is 0.905 bits per heavy atom. The van der Waals surface area contributed by atoms with E-state index in [0.717, 1.165) is 0 Å². The van der Waals surface area contributed by atoms with Crippen molar-refractivity contribution in [2.24, 2.45) is 0 Å². The fourth-order valence-corrected chi connectivity index (χ4v) is 3.69. The van der Waals surface area contributed by atoms with Gasteiger partial charge in [-0.1, -0.05) is 42.5 Å². The van der Waals surface area contributed by atoms with Gasteiger partial charge in [0.1, 0.15) is 4.90 Å². The molecule has 0 aliphatic carbocycles. The van der Waals surface area contributed by atoms with Gasteiger partial charge in [-0.2, -0.15) is 0 Å². The topological polar surface area (TPSA) is 80.4 Å². The van der Waals surface area contributed by atoms with Crippen molar-refractivity contribution in [3.63, 3.8) is 0 Å². The maximum Gasteiger partial charge on any atom is 0.210 e. The summed E-state index contributed by atoms with van der Waals surface area (Å²) in [5.74, 6) is -0.405. The molecule has 3 N–H and O–H groups in total. The van der Waals surface area contributed by atoms with Gasteiger partial charge in [0.15, 0.2) is 5.75 Å². The molecular formula is C16H13NO3S. The Bertz CT molecular complexity index is 919. The van der Waals surface area contributed by atoms with E-state index < -0.39 is 15.6 Å². The van der Waals surface area contributed by atoms with Crippen molar-refractivity contribution >= 4 is 26.3 Å². The van der Waals surface area contributed by atoms with Crippen LogP contribution in [-0.4, -0.2) is 13.5 Å². The standard InChI is InChI=1S/C16H13NO3S/c17-15-13-9-5-4-6-11(13)10-14(16(15)18)21(19,20)12-7-2-1-3-8-12/h1-10,18H,17H2. The number of phenols is 1. The maximum atomic E-state index is 12.6. The van der Waals surface area contributed by atoms with Crippen molar-refractivity contribution < 1.29 is 13.5 Å². The van der Waals surface area contributed by atoms with Gasteiger partial charge in [-0.15, -0.1) is 0 Å². The molecule has 0 bridgehead atoms. The Hall–Kier alpha value is -2.53. The molecule has 0 saturated carbocycles. The summed E-state index contributed by atoms with van der Waals surface area (Å²) in [6, 6.07) is 16.5. The normalized spacial score (nSPS) is 11.6. The average molecular weight is 299 g/mol. The van der Waals surface area contributed by atoms with Gasteiger partial charge >= 0.3 is 0 Å². The van der Waals surface area contributed by atoms with Crippen molar-refractivity contribution in [1.82, 2.24) is 0 Å². The van der Waals surface area contributed by atoms with Gasteiger partial charge < -0.3 is 10.8 Å². The van der Waals surface area contributed by atoms with Crippen LogP contribution in [0.3, 0.4) is 0 Å². The van der Waals surface area contributed by atoms with Crippen LogP contribution in [0.15, 0.2) is 70.5 Å². The first-order valence-corrected chi connectivity index (χ1v) is 7.80. The summed E-state index contributed by atoms with van der Waals surface area (Å²) in [6.45, 7) is 0. The number of hydrogen-bond donors (Lipinski definition) is 2. The number of nitrogen functional groups attached to an aromatic ring is 1. The van der Waals surface area contributed by atoms with Gasteiger partial charge in [-0.25, -0.2) is 8.42 Å². The molecule has 3 aromatic carbocycles. The van der Waals surface area contributed by atoms with Crippen LogP contribution in [0, 0.1) is 0 Å². The molecule has 4 nitrogen and oxygen atoms in total. The van der Waals surface area contributed by atoms with E-state index in [1.54, 1.807) is 42.5 Å². The molecule has 0 spiro atoms. The third-order valence-electron chi connectivity index (χ3n) is 3.37. The number of sulfone groups is 1. The molecule has 3 aromatic rings. The molecule has 0 unspecified atom stereocenters. The van der Waals surface area contributed by atoms with E-state index in [2.05, 4.69) is 0 Å². The Morgan fingerprint density at radius 2 is 1.52 bits per heavy atom. The fourth-order valence-electron chi connectivity index (χ4n) is 2.27. The molecule has 0 saturated heterocycles. The molecule has 21 heavy (non-hydrogen) atoms. The van der Waals surface area contributed by atoms with E-state index in [1.807, 2.05) is 0 Å². The molecule has 106 valence electrons. The molecule has 0 aliphatic heterocycles. The molecule has 0 atom stereocenters. The predicted octanol–water partition coefficient (Wildman–Crippen LogP) is 2.96. The van der Waals surface area contributed by atoms with Crippen molar-refractivity contribution in [2.45, 2.75) is 9.79 Å². The molecule has 5 heteroatoms. The third-order valence-corrected chi connectivity index (χ3v) is 5.15. The molecule has 0 aromatic heterocycles. The summed E-state index contributed by atoms with van der Waals surface area (Å²) in [5, 5.41) is 11.5. The summed E-state index contributed by atoms with van der Waals surface area (Å²) in [5.41, 5.74) is 5.95. The smallest absolute Gasteiger partial charge is 0.210 e. The number of aromatic hydroxyl groups is 1. The van der Waals surface area contributed by atoms with E-state index in [9.17, 15) is 13.5 Å². The van der Waals surface area contributed by atoms with Crippen LogP contribution in [0.1, 0.15) is 0 Å². The molecule has 3 rings (SSSR count). The highest BCUT2D eigenvalue weighted by molar-refractivity contribution is 7.91. The fraction of sp³-hybridized carbons (Fsp3) is 0. The monoisotopic (exact) mass is 299 g/mol. The van der Waals surface area contributed by atoms with Gasteiger partial charge in [0.2, 0.25) is 9.84 Å². The van der Waals surface area contributed by atoms with E-state index in [-0.39, 0.29) is 15.5 Å². The summed E-state index contributed by atoms with van der Waals surface area (Å²) < 4.78 is 25.3. The van der Waals surface area contributed by atoms with Gasteiger partial charge in [0.25, 0.3) is 0 Å². The third kappa shape index (κ3) is 2.11. The Kier molecular flexibility index (Phi) is 3.07. The second-order valence-corrected chi connectivity index (χ2v) is 6.59. The van der Waals surface area contributed by atoms with E-state index in [1.165, 1.54) is 18.2 Å². The summed E-state index contributed by atoms with van der Waals surface area (Å²) in [7, 11) is -3.81. The zero-order valence-electron chi connectivity index (χ0n) is 11.0. The minimum absolute atomic E-state index is 0.0719. The van der Waals surface area contributed by atoms with Crippen LogP contribution < -0.4 is 5.73 Å². The highest BCUT2D eigenvalue weighted by Gasteiger charge is 2.24. The molecule has 0 aliphatic rings. The first kappa shape index (κ1) is 13.5. The minimum atomic E-state index is -3.81. The predicted molar refractivity (Wildman–Crippen MR) is 81.9 cm³/mol. The highest BCUT2D eigenvalue weighted by Crippen LogP contribution is 2.38. The summed E-state index contributed by atoms with van der Waals surface area (Å²) >= 11 is 0. The van der Waals surface area contributed by atoms with Crippen LogP contribution in [0.4, 0.5) is 5.69 Å². The number of anilines is 1. The van der Waals surface area contributed by atoms with Crippen molar-refractivity contribution in [3.8, 4) is 5.75 Å². The summed E-state index contributed by atoms with van der Waals surface area (Å²) in [6.07, 6.45) is 0. The Labute approximate surface area is 122 Å². The molecule has 0 heterocycles. The Balaban J connectivity index is 2.33. The number of nitrogens with two attached hydrogens (primary N) is 1. The largest absolute Gasteiger partial charge is 0.504 e. The van der Waals surface area contributed by atoms with E-state index >= 15 is 0 Å². The van der Waals surface area contributed by atoms with Crippen LogP contribution >= 0.6 is 0 Å². The zero-order chi connectivity index (χ0) is 15.0. The lowest BCUT2D eigenvalue weighted by Crippen LogP contribution is -2.04. The van der Waals surface area contributed by atoms with Crippen LogP contribution in [0.25, 0.3) is 10.8 Å². The lowest BCUT2D eigenvalue weighted by Gasteiger charge is -2.11. The molecule has 0 fully saturated rings. The molecule has 0 amide bonds. The second kappa shape index (κ2) is 4.79. The minimum Gasteiger partial charge on any atom is -0.504 e. The van der Waals surface area contributed by atoms with E-state index in [0.29, 0.717) is 10.8 Å². The number of fused-ring (bicyclic) bond motifs is 1. The van der Waals surface area contributed by atoms with Crippen molar-refractivity contribution in [1.29, 1.82) is 0 Å². The number of phenolic OH excluding ortho intramolecular Hbond substituents is 1. The van der Waals surface area contributed by atoms with Crippen LogP contribution in [-0.2, 0) is 9.84 Å². The molecule has 0 radical (unpaired) electrons. The van der Waals surface area contributed by atoms with Crippen molar-refractivity contribution in [2.75, 3.05) is 5.73 Å². The van der Waals surface area contributed by atoms with Crippen LogP contribution in [0.5, 0.6) is 5.75 Å². The van der Waals surface area contributed by atoms with Crippen LogP contribution in [0.2, 0.25) is 0 Å². The number of benzene rings is 3. The maximum absolute atomic E-state index is 12.6. The second-order valence-electron chi connectivity index (χ2n) is 4.67. The zero-order valence-corrected chi connectivity index (χ0v) is 11.8. The van der Waals surface area contributed by atoms with Gasteiger partial charge in [-0.05, 0) is 23.6 Å². The average Bonchev–Trinajstić information content (AvgIpc) is 2.51. The van der Waals surface area contributed by atoms with Gasteiger partial charge in [0, 0.05) is 5.39 Å². The van der Waals surface area contributed by atoms with Gasteiger partial charge in [0.05, 0.1) is 10.6 Å². The lowest BCUT2D eigenvalue weighted by atomic mass is 10.1. The highest BCUT2D eigenvalue weighted by atomic mass is 32.2. The number of rotatable bonds is 2. The molecular weight excluding hydrogens is 286 g/mol. The van der Waals surface area contributed by atoms with Crippen molar-refractivity contribution in [3.05, 3.63) is 60.7 Å². The van der Waals surface area contributed by atoms with E-state index in [4.69, 9.17) is 5.73 Å². The quantitative estimate of drug-likeness (QED) is 0.563. The number of hydrogen-bond acceptors (Lipinski definition) is 4. The van der Waals surface area contributed by atoms with Gasteiger partial charge in [-0.3, -0.25) is 0 Å². The first-order chi connectivity index (χ1) is 10.0. The SMILES string of the molecule is Nc1c(O)c(S(=O)(=O)c2ccccc2)cc2ccccc12.